The molecule has 56 valence electrons. The third-order valence-corrected chi connectivity index (χ3v) is 1.92. The minimum atomic E-state index is -0.0139. The quantitative estimate of drug-likeness (QED) is 0.567. The van der Waals surface area contributed by atoms with Crippen LogP contribution in [0.1, 0.15) is 11.4 Å². The molecule has 0 unspecified atom stereocenters. The van der Waals surface area contributed by atoms with Gasteiger partial charge in [0.2, 0.25) is 0 Å². The topological polar surface area (TPSA) is 45.4 Å². The molecule has 10 heavy (non-hydrogen) atoms. The Hall–Kier alpha value is -1.12. The highest BCUT2D eigenvalue weighted by molar-refractivity contribution is 5.46. The van der Waals surface area contributed by atoms with Gasteiger partial charge in [0.05, 0.1) is 11.4 Å². The van der Waals surface area contributed by atoms with Gasteiger partial charge in [0, 0.05) is 7.05 Å². The van der Waals surface area contributed by atoms with Crippen LogP contribution in [0, 0.1) is 13.8 Å². The highest BCUT2D eigenvalue weighted by atomic mass is 16.3. The van der Waals surface area contributed by atoms with Crippen molar-refractivity contribution in [2.45, 2.75) is 13.8 Å². The van der Waals surface area contributed by atoms with E-state index in [2.05, 4.69) is 0 Å². The zero-order valence-electron chi connectivity index (χ0n) is 6.34. The van der Waals surface area contributed by atoms with Crippen molar-refractivity contribution in [3.05, 3.63) is 11.4 Å². The van der Waals surface area contributed by atoms with Crippen molar-refractivity contribution >= 4 is 0 Å². The summed E-state index contributed by atoms with van der Waals surface area (Å²) in [5.74, 6) is -0.0278. The van der Waals surface area contributed by atoms with E-state index in [1.165, 1.54) is 0 Å². The van der Waals surface area contributed by atoms with E-state index >= 15 is 0 Å². The predicted molar refractivity (Wildman–Crippen MR) is 38.2 cm³/mol. The van der Waals surface area contributed by atoms with Crippen LogP contribution in [0.2, 0.25) is 0 Å². The molecule has 3 nitrogen and oxygen atoms in total. The summed E-state index contributed by atoms with van der Waals surface area (Å²) in [6.07, 6.45) is 0. The maximum Gasteiger partial charge on any atom is 0.178 e. The monoisotopic (exact) mass is 141 g/mol. The van der Waals surface area contributed by atoms with E-state index in [1.807, 2.05) is 0 Å². The van der Waals surface area contributed by atoms with Gasteiger partial charge in [-0.05, 0) is 13.8 Å². The average Bonchev–Trinajstić information content (AvgIpc) is 2.07. The Kier molecular flexibility index (Phi) is 1.35. The number of hydrogen-bond acceptors (Lipinski definition) is 2. The molecule has 0 aliphatic heterocycles. The lowest BCUT2D eigenvalue weighted by Gasteiger charge is -1.96. The van der Waals surface area contributed by atoms with E-state index in [1.54, 1.807) is 25.5 Å². The number of aromatic hydroxyl groups is 2. The van der Waals surface area contributed by atoms with Crippen LogP contribution in [0.15, 0.2) is 0 Å². The minimum absolute atomic E-state index is 0.0139. The highest BCUT2D eigenvalue weighted by Crippen LogP contribution is 2.33. The summed E-state index contributed by atoms with van der Waals surface area (Å²) in [6, 6.07) is 0. The van der Waals surface area contributed by atoms with E-state index in [-0.39, 0.29) is 11.5 Å². The van der Waals surface area contributed by atoms with Gasteiger partial charge < -0.3 is 14.8 Å². The number of aromatic nitrogens is 1. The molecule has 0 saturated heterocycles. The molecule has 1 rings (SSSR count). The Morgan fingerprint density at radius 1 is 1.00 bits per heavy atom. The summed E-state index contributed by atoms with van der Waals surface area (Å²) >= 11 is 0. The van der Waals surface area contributed by atoms with Crippen molar-refractivity contribution in [2.75, 3.05) is 0 Å². The van der Waals surface area contributed by atoms with Gasteiger partial charge in [0.15, 0.2) is 11.5 Å². The fraction of sp³-hybridized carbons (Fsp3) is 0.429. The molecule has 0 spiro atoms. The maximum atomic E-state index is 9.14. The van der Waals surface area contributed by atoms with Crippen LogP contribution in [0.3, 0.4) is 0 Å². The zero-order chi connectivity index (χ0) is 7.89. The second-order valence-electron chi connectivity index (χ2n) is 2.43. The van der Waals surface area contributed by atoms with Gasteiger partial charge in [-0.2, -0.15) is 0 Å². The van der Waals surface area contributed by atoms with Crippen LogP contribution >= 0.6 is 0 Å². The Labute approximate surface area is 59.5 Å². The summed E-state index contributed by atoms with van der Waals surface area (Å²) in [5, 5.41) is 18.3. The maximum absolute atomic E-state index is 9.14. The van der Waals surface area contributed by atoms with Crippen molar-refractivity contribution in [3.8, 4) is 11.5 Å². The Morgan fingerprint density at radius 3 is 1.40 bits per heavy atom. The van der Waals surface area contributed by atoms with Crippen molar-refractivity contribution < 1.29 is 10.2 Å². The summed E-state index contributed by atoms with van der Waals surface area (Å²) < 4.78 is 1.74. The first-order valence-corrected chi connectivity index (χ1v) is 3.09. The molecule has 0 fully saturated rings. The lowest BCUT2D eigenvalue weighted by Crippen LogP contribution is -1.91. The van der Waals surface area contributed by atoms with Crippen LogP contribution in [0.25, 0.3) is 0 Å². The molecule has 0 aromatic carbocycles. The molecule has 0 atom stereocenters. The zero-order valence-corrected chi connectivity index (χ0v) is 6.34. The van der Waals surface area contributed by atoms with E-state index in [0.29, 0.717) is 11.4 Å². The lowest BCUT2D eigenvalue weighted by molar-refractivity contribution is 0.403. The van der Waals surface area contributed by atoms with Gasteiger partial charge in [-0.3, -0.25) is 0 Å². The molecule has 0 radical (unpaired) electrons. The summed E-state index contributed by atoms with van der Waals surface area (Å²) in [6.45, 7) is 3.50. The van der Waals surface area contributed by atoms with Gasteiger partial charge in [-0.25, -0.2) is 0 Å². The first kappa shape index (κ1) is 6.99. The second-order valence-corrected chi connectivity index (χ2v) is 2.43. The van der Waals surface area contributed by atoms with E-state index in [9.17, 15) is 0 Å². The van der Waals surface area contributed by atoms with Gasteiger partial charge in [-0.1, -0.05) is 0 Å². The first-order chi connectivity index (χ1) is 4.55. The number of rotatable bonds is 0. The Morgan fingerprint density at radius 2 is 1.30 bits per heavy atom. The second kappa shape index (κ2) is 1.94. The molecular weight excluding hydrogens is 130 g/mol. The average molecular weight is 141 g/mol. The van der Waals surface area contributed by atoms with Gasteiger partial charge >= 0.3 is 0 Å². The predicted octanol–water partition coefficient (Wildman–Crippen LogP) is 1.05. The van der Waals surface area contributed by atoms with Crippen LogP contribution in [-0.4, -0.2) is 14.8 Å². The standard InChI is InChI=1S/C7H11NO2/c1-4-6(9)7(10)5(2)8(4)3/h9-10H,1-3H3. The van der Waals surface area contributed by atoms with E-state index in [4.69, 9.17) is 10.2 Å². The molecule has 0 bridgehead atoms. The third-order valence-electron chi connectivity index (χ3n) is 1.92. The Bertz CT molecular complexity index is 183. The molecule has 2 N–H and O–H groups in total. The molecule has 0 saturated carbocycles. The van der Waals surface area contributed by atoms with Crippen molar-refractivity contribution in [1.82, 2.24) is 4.57 Å². The summed E-state index contributed by atoms with van der Waals surface area (Å²) in [4.78, 5) is 0. The van der Waals surface area contributed by atoms with Crippen LogP contribution in [0.5, 0.6) is 11.5 Å². The molecule has 0 aliphatic rings. The molecule has 0 aliphatic carbocycles. The SMILES string of the molecule is Cc1c(O)c(O)c(C)n1C. The number of nitrogens with zero attached hydrogens (tertiary/aromatic N) is 1. The molecule has 1 aromatic heterocycles. The lowest BCUT2D eigenvalue weighted by atomic mass is 10.4. The molecule has 3 heteroatoms. The Balaban J connectivity index is 3.44. The first-order valence-electron chi connectivity index (χ1n) is 3.09. The van der Waals surface area contributed by atoms with E-state index < -0.39 is 0 Å². The largest absolute Gasteiger partial charge is 0.503 e. The fourth-order valence-electron chi connectivity index (χ4n) is 0.912. The molecule has 0 amide bonds. The fourth-order valence-corrected chi connectivity index (χ4v) is 0.912. The van der Waals surface area contributed by atoms with Crippen LogP contribution in [-0.2, 0) is 7.05 Å². The summed E-state index contributed by atoms with van der Waals surface area (Å²) in [7, 11) is 1.80. The molecular formula is C7H11NO2. The van der Waals surface area contributed by atoms with E-state index in [0.717, 1.165) is 0 Å². The van der Waals surface area contributed by atoms with Gasteiger partial charge in [0.1, 0.15) is 0 Å². The smallest absolute Gasteiger partial charge is 0.178 e. The van der Waals surface area contributed by atoms with Crippen LogP contribution in [0.4, 0.5) is 0 Å². The summed E-state index contributed by atoms with van der Waals surface area (Å²) in [5.41, 5.74) is 1.38. The van der Waals surface area contributed by atoms with Gasteiger partial charge in [-0.15, -0.1) is 0 Å². The van der Waals surface area contributed by atoms with Gasteiger partial charge in [0.25, 0.3) is 0 Å². The van der Waals surface area contributed by atoms with Crippen LogP contribution < -0.4 is 0 Å². The van der Waals surface area contributed by atoms with Crippen molar-refractivity contribution in [1.29, 1.82) is 0 Å². The third kappa shape index (κ3) is 0.667. The number of hydrogen-bond donors (Lipinski definition) is 2. The highest BCUT2D eigenvalue weighted by Gasteiger charge is 2.12. The minimum Gasteiger partial charge on any atom is -0.503 e. The normalized spacial score (nSPS) is 10.3. The van der Waals surface area contributed by atoms with Crippen molar-refractivity contribution in [2.24, 2.45) is 7.05 Å². The molecule has 1 aromatic rings. The molecule has 1 heterocycles. The van der Waals surface area contributed by atoms with Crippen molar-refractivity contribution in [3.63, 3.8) is 0 Å².